The highest BCUT2D eigenvalue weighted by atomic mass is 32.2. The molecule has 1 fully saturated rings. The van der Waals surface area contributed by atoms with Crippen molar-refractivity contribution >= 4 is 21.5 Å². The number of aryl methyl sites for hydroxylation is 1. The fourth-order valence-electron chi connectivity index (χ4n) is 3.41. The van der Waals surface area contributed by atoms with Gasteiger partial charge in [-0.2, -0.15) is 0 Å². The van der Waals surface area contributed by atoms with E-state index in [4.69, 9.17) is 5.73 Å². The molecule has 0 aromatic heterocycles. The lowest BCUT2D eigenvalue weighted by Gasteiger charge is -2.20. The molecule has 0 unspecified atom stereocenters. The quantitative estimate of drug-likeness (QED) is 0.637. The molecule has 0 bridgehead atoms. The van der Waals surface area contributed by atoms with E-state index in [-0.39, 0.29) is 11.2 Å². The number of sulfone groups is 1. The number of nitrogens with two attached hydrogens (primary N) is 1. The third-order valence-electron chi connectivity index (χ3n) is 4.77. The lowest BCUT2D eigenvalue weighted by Crippen LogP contribution is -2.27. The van der Waals surface area contributed by atoms with Gasteiger partial charge in [-0.25, -0.2) is 8.42 Å². The second kappa shape index (κ2) is 6.15. The minimum Gasteiger partial charge on any atom is -0.370 e. The molecule has 0 aliphatic heterocycles. The molecule has 0 spiro atoms. The van der Waals surface area contributed by atoms with Crippen molar-refractivity contribution in [2.24, 2.45) is 16.1 Å². The van der Waals surface area contributed by atoms with Gasteiger partial charge in [-0.3, -0.25) is 4.99 Å². The summed E-state index contributed by atoms with van der Waals surface area (Å²) in [6, 6.07) is 6.26. The Morgan fingerprint density at radius 2 is 2.04 bits per heavy atom. The van der Waals surface area contributed by atoms with Gasteiger partial charge in [0, 0.05) is 23.9 Å². The number of rotatable bonds is 5. The molecule has 0 amide bonds. The summed E-state index contributed by atoms with van der Waals surface area (Å²) in [6.45, 7) is 0.480. The first-order chi connectivity index (χ1) is 10.9. The molecule has 3 N–H and O–H groups in total. The molecule has 0 heterocycles. The molecule has 1 aromatic carbocycles. The van der Waals surface area contributed by atoms with Gasteiger partial charge in [0.2, 0.25) is 0 Å². The number of benzene rings is 1. The molecule has 1 saturated carbocycles. The zero-order chi connectivity index (χ0) is 16.5. The van der Waals surface area contributed by atoms with E-state index in [0.717, 1.165) is 31.4 Å². The molecule has 0 atom stereocenters. The highest BCUT2D eigenvalue weighted by Crippen LogP contribution is 2.46. The standard InChI is InChI=1S/C17H25N3O2S/c1-23(21,22)12-17(9-10-17)11-19-16(18)20-15-8-4-6-13-5-2-3-7-14(13)15/h4,6,8H,2-3,5,7,9-12H2,1H3,(H3,18,19,20). The van der Waals surface area contributed by atoms with Gasteiger partial charge in [0.1, 0.15) is 9.84 Å². The van der Waals surface area contributed by atoms with Crippen LogP contribution in [-0.4, -0.2) is 32.9 Å². The highest BCUT2D eigenvalue weighted by molar-refractivity contribution is 7.90. The smallest absolute Gasteiger partial charge is 0.193 e. The zero-order valence-corrected chi connectivity index (χ0v) is 14.5. The number of hydrogen-bond acceptors (Lipinski definition) is 3. The van der Waals surface area contributed by atoms with Crippen molar-refractivity contribution in [2.75, 3.05) is 23.9 Å². The molecule has 0 saturated heterocycles. The molecule has 2 aliphatic rings. The van der Waals surface area contributed by atoms with Crippen molar-refractivity contribution in [3.05, 3.63) is 29.3 Å². The first-order valence-corrected chi connectivity index (χ1v) is 10.3. The lowest BCUT2D eigenvalue weighted by molar-refractivity contribution is 0.552. The van der Waals surface area contributed by atoms with E-state index in [1.807, 2.05) is 12.1 Å². The Labute approximate surface area is 138 Å². The van der Waals surface area contributed by atoms with Crippen LogP contribution < -0.4 is 11.1 Å². The van der Waals surface area contributed by atoms with Crippen LogP contribution in [0.1, 0.15) is 36.8 Å². The third kappa shape index (κ3) is 4.25. The van der Waals surface area contributed by atoms with Crippen molar-refractivity contribution in [2.45, 2.75) is 38.5 Å². The van der Waals surface area contributed by atoms with Crippen molar-refractivity contribution < 1.29 is 8.42 Å². The topological polar surface area (TPSA) is 84.5 Å². The fraction of sp³-hybridized carbons (Fsp3) is 0.588. The predicted molar refractivity (Wildman–Crippen MR) is 94.6 cm³/mol. The average Bonchev–Trinajstić information content (AvgIpc) is 3.24. The maximum absolute atomic E-state index is 11.5. The Morgan fingerprint density at radius 1 is 1.30 bits per heavy atom. The van der Waals surface area contributed by atoms with E-state index in [1.165, 1.54) is 30.2 Å². The van der Waals surface area contributed by atoms with Crippen LogP contribution in [0.5, 0.6) is 0 Å². The summed E-state index contributed by atoms with van der Waals surface area (Å²) >= 11 is 0. The number of anilines is 1. The molecule has 3 rings (SSSR count). The average molecular weight is 335 g/mol. The lowest BCUT2D eigenvalue weighted by atomic mass is 9.90. The first kappa shape index (κ1) is 16.3. The molecule has 1 aromatic rings. The van der Waals surface area contributed by atoms with Crippen LogP contribution in [0.4, 0.5) is 5.69 Å². The Morgan fingerprint density at radius 3 is 2.74 bits per heavy atom. The SMILES string of the molecule is CS(=O)(=O)CC1(CN=C(N)Nc2cccc3c2CCCC3)CC1. The normalized spacial score (nSPS) is 20.0. The Balaban J connectivity index is 1.67. The van der Waals surface area contributed by atoms with Crippen LogP contribution >= 0.6 is 0 Å². The summed E-state index contributed by atoms with van der Waals surface area (Å²) in [5.41, 5.74) is 9.62. The van der Waals surface area contributed by atoms with Crippen LogP contribution in [0, 0.1) is 5.41 Å². The van der Waals surface area contributed by atoms with Gasteiger partial charge in [-0.1, -0.05) is 12.1 Å². The van der Waals surface area contributed by atoms with Crippen LogP contribution in [0.15, 0.2) is 23.2 Å². The Kier molecular flexibility index (Phi) is 4.36. The summed E-state index contributed by atoms with van der Waals surface area (Å²) in [5, 5.41) is 3.21. The molecule has 2 aliphatic carbocycles. The van der Waals surface area contributed by atoms with Crippen molar-refractivity contribution in [1.29, 1.82) is 0 Å². The predicted octanol–water partition coefficient (Wildman–Crippen LogP) is 2.12. The van der Waals surface area contributed by atoms with Gasteiger partial charge >= 0.3 is 0 Å². The van der Waals surface area contributed by atoms with Crippen LogP contribution in [-0.2, 0) is 22.7 Å². The van der Waals surface area contributed by atoms with Crippen molar-refractivity contribution in [1.82, 2.24) is 0 Å². The molecule has 0 radical (unpaired) electrons. The number of hydrogen-bond donors (Lipinski definition) is 2. The van der Waals surface area contributed by atoms with Crippen LogP contribution in [0.25, 0.3) is 0 Å². The Bertz CT molecular complexity index is 721. The van der Waals surface area contributed by atoms with Gasteiger partial charge in [0.25, 0.3) is 0 Å². The first-order valence-electron chi connectivity index (χ1n) is 8.22. The van der Waals surface area contributed by atoms with Gasteiger partial charge in [-0.05, 0) is 55.7 Å². The van der Waals surface area contributed by atoms with Crippen LogP contribution in [0.3, 0.4) is 0 Å². The van der Waals surface area contributed by atoms with E-state index in [1.54, 1.807) is 0 Å². The summed E-state index contributed by atoms with van der Waals surface area (Å²) in [5.74, 6) is 0.584. The third-order valence-corrected chi connectivity index (χ3v) is 5.91. The monoisotopic (exact) mass is 335 g/mol. The maximum Gasteiger partial charge on any atom is 0.193 e. The number of nitrogens with zero attached hydrogens (tertiary/aromatic N) is 1. The summed E-state index contributed by atoms with van der Waals surface area (Å²) in [7, 11) is -2.97. The number of fused-ring (bicyclic) bond motifs is 1. The minimum atomic E-state index is -2.97. The molecular formula is C17H25N3O2S. The van der Waals surface area contributed by atoms with E-state index in [2.05, 4.69) is 16.4 Å². The molecule has 23 heavy (non-hydrogen) atoms. The van der Waals surface area contributed by atoms with Crippen LogP contribution in [0.2, 0.25) is 0 Å². The van der Waals surface area contributed by atoms with Crippen molar-refractivity contribution in [3.8, 4) is 0 Å². The Hall–Kier alpha value is -1.56. The molecule has 6 heteroatoms. The van der Waals surface area contributed by atoms with Crippen molar-refractivity contribution in [3.63, 3.8) is 0 Å². The van der Waals surface area contributed by atoms with Gasteiger partial charge < -0.3 is 11.1 Å². The molecule has 126 valence electrons. The minimum absolute atomic E-state index is 0.185. The van der Waals surface area contributed by atoms with E-state index < -0.39 is 9.84 Å². The summed E-state index contributed by atoms with van der Waals surface area (Å²) < 4.78 is 23.0. The molecular weight excluding hydrogens is 310 g/mol. The van der Waals surface area contributed by atoms with E-state index in [0.29, 0.717) is 12.5 Å². The van der Waals surface area contributed by atoms with E-state index >= 15 is 0 Å². The summed E-state index contributed by atoms with van der Waals surface area (Å²) in [4.78, 5) is 4.41. The van der Waals surface area contributed by atoms with Gasteiger partial charge in [0.15, 0.2) is 5.96 Å². The maximum atomic E-state index is 11.5. The fourth-order valence-corrected chi connectivity index (χ4v) is 4.90. The van der Waals surface area contributed by atoms with Gasteiger partial charge in [-0.15, -0.1) is 0 Å². The number of nitrogens with one attached hydrogen (secondary N) is 1. The second-order valence-corrected chi connectivity index (χ2v) is 9.19. The second-order valence-electron chi connectivity index (χ2n) is 7.05. The number of aliphatic imine (C=N–C) groups is 1. The zero-order valence-electron chi connectivity index (χ0n) is 13.6. The molecule has 5 nitrogen and oxygen atoms in total. The summed E-state index contributed by atoms with van der Waals surface area (Å²) in [6.07, 6.45) is 7.77. The number of guanidine groups is 1. The van der Waals surface area contributed by atoms with E-state index in [9.17, 15) is 8.42 Å². The highest BCUT2D eigenvalue weighted by Gasteiger charge is 2.45. The largest absolute Gasteiger partial charge is 0.370 e. The van der Waals surface area contributed by atoms with Gasteiger partial charge in [0.05, 0.1) is 5.75 Å².